The van der Waals surface area contributed by atoms with Gasteiger partial charge in [-0.25, -0.2) is 4.79 Å². The Morgan fingerprint density at radius 3 is 2.11 bits per heavy atom. The van der Waals surface area contributed by atoms with Crippen molar-refractivity contribution in [2.24, 2.45) is 0 Å². The molecule has 0 aromatic heterocycles. The third-order valence-corrected chi connectivity index (χ3v) is 3.79. The number of nitrogens with zero attached hydrogens (tertiary/aromatic N) is 1. The van der Waals surface area contributed by atoms with Gasteiger partial charge >= 0.3 is 5.97 Å². The van der Waals surface area contributed by atoms with Crippen molar-refractivity contribution in [3.8, 4) is 5.75 Å². The van der Waals surface area contributed by atoms with Crippen LogP contribution in [0.15, 0.2) is 48.5 Å². The Bertz CT molecular complexity index is 829. The lowest BCUT2D eigenvalue weighted by Crippen LogP contribution is -2.36. The van der Waals surface area contributed by atoms with Gasteiger partial charge in [0.05, 0.1) is 18.8 Å². The number of anilines is 2. The van der Waals surface area contributed by atoms with Crippen LogP contribution < -0.4 is 15.0 Å². The first-order valence-electron chi connectivity index (χ1n) is 8.83. The molecule has 0 heterocycles. The van der Waals surface area contributed by atoms with Gasteiger partial charge in [0.2, 0.25) is 11.8 Å². The molecule has 0 spiro atoms. The number of nitrogens with one attached hydrogen (secondary N) is 1. The normalized spacial score (nSPS) is 10.3. The fourth-order valence-electron chi connectivity index (χ4n) is 2.51. The monoisotopic (exact) mass is 384 g/mol. The van der Waals surface area contributed by atoms with Gasteiger partial charge in [0.25, 0.3) is 0 Å². The number of carbonyl (C=O) groups excluding carboxylic acids is 3. The number of benzene rings is 2. The van der Waals surface area contributed by atoms with Gasteiger partial charge in [-0.1, -0.05) is 0 Å². The topological polar surface area (TPSA) is 84.9 Å². The summed E-state index contributed by atoms with van der Waals surface area (Å²) in [4.78, 5) is 37.2. The molecule has 0 saturated carbocycles. The zero-order valence-electron chi connectivity index (χ0n) is 16.4. The molecule has 2 amide bonds. The maximum absolute atomic E-state index is 12.4. The van der Waals surface area contributed by atoms with Crippen molar-refractivity contribution in [1.82, 2.24) is 0 Å². The highest BCUT2D eigenvalue weighted by molar-refractivity contribution is 6.02. The Hall–Kier alpha value is -3.35. The number of esters is 1. The average molecular weight is 384 g/mol. The Balaban J connectivity index is 2.04. The highest BCUT2D eigenvalue weighted by Crippen LogP contribution is 2.21. The maximum atomic E-state index is 12.4. The predicted octanol–water partition coefficient (Wildman–Crippen LogP) is 3.25. The molecule has 2 rings (SSSR count). The largest absolute Gasteiger partial charge is 0.491 e. The third-order valence-electron chi connectivity index (χ3n) is 3.79. The van der Waals surface area contributed by atoms with Crippen LogP contribution in [0.4, 0.5) is 11.4 Å². The second-order valence-corrected chi connectivity index (χ2v) is 6.38. The molecular formula is C21H24N2O5. The van der Waals surface area contributed by atoms with Crippen molar-refractivity contribution in [1.29, 1.82) is 0 Å². The molecule has 0 unspecified atom stereocenters. The molecule has 0 atom stereocenters. The number of carbonyl (C=O) groups is 3. The molecule has 1 N–H and O–H groups in total. The molecule has 0 fully saturated rings. The van der Waals surface area contributed by atoms with Gasteiger partial charge in [-0.05, 0) is 62.4 Å². The van der Waals surface area contributed by atoms with Gasteiger partial charge in [0.15, 0.2) is 0 Å². The third kappa shape index (κ3) is 5.84. The van der Waals surface area contributed by atoms with E-state index >= 15 is 0 Å². The van der Waals surface area contributed by atoms with Crippen molar-refractivity contribution in [3.63, 3.8) is 0 Å². The zero-order chi connectivity index (χ0) is 20.7. The van der Waals surface area contributed by atoms with Crippen molar-refractivity contribution >= 4 is 29.2 Å². The molecule has 0 aliphatic heterocycles. The van der Waals surface area contributed by atoms with E-state index in [2.05, 4.69) is 10.1 Å². The molecule has 2 aromatic carbocycles. The van der Waals surface area contributed by atoms with Gasteiger partial charge in [0, 0.05) is 18.3 Å². The number of hydrogen-bond donors (Lipinski definition) is 1. The summed E-state index contributed by atoms with van der Waals surface area (Å²) in [5, 5.41) is 2.71. The highest BCUT2D eigenvalue weighted by Gasteiger charge is 2.16. The van der Waals surface area contributed by atoms with E-state index in [9.17, 15) is 14.4 Å². The second kappa shape index (κ2) is 9.55. The molecule has 0 aliphatic carbocycles. The van der Waals surface area contributed by atoms with Crippen LogP contribution in [-0.4, -0.2) is 37.5 Å². The standard InChI is InChI=1S/C21H24N2O5/c1-14(2)28-19-11-9-18(10-12-19)23(15(3)24)13-20(25)22-17-7-5-16(6-8-17)21(26)27-4/h5-12,14H,13H2,1-4H3,(H,22,25). The van der Waals surface area contributed by atoms with Crippen LogP contribution in [-0.2, 0) is 14.3 Å². The SMILES string of the molecule is COC(=O)c1ccc(NC(=O)CN(C(C)=O)c2ccc(OC(C)C)cc2)cc1. The van der Waals surface area contributed by atoms with Gasteiger partial charge in [0.1, 0.15) is 12.3 Å². The summed E-state index contributed by atoms with van der Waals surface area (Å²) >= 11 is 0. The Kier molecular flexibility index (Phi) is 7.14. The summed E-state index contributed by atoms with van der Waals surface area (Å²) < 4.78 is 10.2. The van der Waals surface area contributed by atoms with E-state index in [4.69, 9.17) is 4.74 Å². The molecule has 0 aliphatic rings. The van der Waals surface area contributed by atoms with Crippen LogP contribution >= 0.6 is 0 Å². The number of rotatable bonds is 7. The summed E-state index contributed by atoms with van der Waals surface area (Å²) in [5.41, 5.74) is 1.50. The first-order valence-corrected chi connectivity index (χ1v) is 8.83. The number of hydrogen-bond acceptors (Lipinski definition) is 5. The van der Waals surface area contributed by atoms with E-state index in [1.165, 1.54) is 18.9 Å². The van der Waals surface area contributed by atoms with Crippen molar-refractivity contribution < 1.29 is 23.9 Å². The summed E-state index contributed by atoms with van der Waals surface area (Å²) in [7, 11) is 1.30. The predicted molar refractivity (Wildman–Crippen MR) is 107 cm³/mol. The summed E-state index contributed by atoms with van der Waals surface area (Å²) in [6, 6.07) is 13.3. The first kappa shape index (κ1) is 21.0. The van der Waals surface area contributed by atoms with Gasteiger partial charge in [-0.15, -0.1) is 0 Å². The molecule has 2 aromatic rings. The van der Waals surface area contributed by atoms with Crippen molar-refractivity contribution in [3.05, 3.63) is 54.1 Å². The molecule has 0 radical (unpaired) electrons. The van der Waals surface area contributed by atoms with Gasteiger partial charge < -0.3 is 19.7 Å². The number of methoxy groups -OCH3 is 1. The molecule has 7 nitrogen and oxygen atoms in total. The minimum absolute atomic E-state index is 0.0473. The molecule has 28 heavy (non-hydrogen) atoms. The van der Waals surface area contributed by atoms with E-state index in [1.807, 2.05) is 13.8 Å². The van der Waals surface area contributed by atoms with Crippen LogP contribution in [0.25, 0.3) is 0 Å². The minimum atomic E-state index is -0.453. The molecule has 0 bridgehead atoms. The van der Waals surface area contributed by atoms with E-state index < -0.39 is 5.97 Å². The Morgan fingerprint density at radius 1 is 1.00 bits per heavy atom. The van der Waals surface area contributed by atoms with Gasteiger partial charge in [-0.2, -0.15) is 0 Å². The van der Waals surface area contributed by atoms with Crippen molar-refractivity contribution in [2.75, 3.05) is 23.9 Å². The lowest BCUT2D eigenvalue weighted by atomic mass is 10.2. The fourth-order valence-corrected chi connectivity index (χ4v) is 2.51. The smallest absolute Gasteiger partial charge is 0.337 e. The van der Waals surface area contributed by atoms with E-state index in [1.54, 1.807) is 48.5 Å². The Labute approximate surface area is 164 Å². The molecular weight excluding hydrogens is 360 g/mol. The van der Waals surface area contributed by atoms with E-state index in [-0.39, 0.29) is 24.5 Å². The summed E-state index contributed by atoms with van der Waals surface area (Å²) in [6.45, 7) is 5.12. The van der Waals surface area contributed by atoms with Crippen molar-refractivity contribution in [2.45, 2.75) is 26.9 Å². The maximum Gasteiger partial charge on any atom is 0.337 e. The average Bonchev–Trinajstić information content (AvgIpc) is 2.66. The van der Waals surface area contributed by atoms with E-state index in [0.717, 1.165) is 0 Å². The summed E-state index contributed by atoms with van der Waals surface area (Å²) in [6.07, 6.45) is 0.0473. The van der Waals surface area contributed by atoms with Crippen LogP contribution in [0, 0.1) is 0 Å². The zero-order valence-corrected chi connectivity index (χ0v) is 16.4. The summed E-state index contributed by atoms with van der Waals surface area (Å²) in [5.74, 6) is -0.375. The first-order chi connectivity index (χ1) is 13.3. The molecule has 0 saturated heterocycles. The molecule has 7 heteroatoms. The molecule has 148 valence electrons. The number of ether oxygens (including phenoxy) is 2. The quantitative estimate of drug-likeness (QED) is 0.741. The second-order valence-electron chi connectivity index (χ2n) is 6.38. The number of amides is 2. The highest BCUT2D eigenvalue weighted by atomic mass is 16.5. The minimum Gasteiger partial charge on any atom is -0.491 e. The lowest BCUT2D eigenvalue weighted by Gasteiger charge is -2.21. The van der Waals surface area contributed by atoms with Crippen LogP contribution in [0.1, 0.15) is 31.1 Å². The fraction of sp³-hybridized carbons (Fsp3) is 0.286. The van der Waals surface area contributed by atoms with E-state index in [0.29, 0.717) is 22.7 Å². The van der Waals surface area contributed by atoms with Gasteiger partial charge in [-0.3, -0.25) is 9.59 Å². The lowest BCUT2D eigenvalue weighted by molar-refractivity contribution is -0.120. The Morgan fingerprint density at radius 2 is 1.61 bits per heavy atom. The van der Waals surface area contributed by atoms with Crippen LogP contribution in [0.5, 0.6) is 5.75 Å². The van der Waals surface area contributed by atoms with Crippen LogP contribution in [0.3, 0.4) is 0 Å². The van der Waals surface area contributed by atoms with Crippen LogP contribution in [0.2, 0.25) is 0 Å².